The molecule has 0 aliphatic heterocycles. The zero-order valence-electron chi connectivity index (χ0n) is 21.0. The summed E-state index contributed by atoms with van der Waals surface area (Å²) in [6, 6.07) is 15.9. The Hall–Kier alpha value is -3.59. The van der Waals surface area contributed by atoms with Crippen molar-refractivity contribution in [1.82, 2.24) is 19.9 Å². The number of rotatable bonds is 8. The SMILES string of the molecule is COc1ccc(-c2nc3sc(N(C)CC(=O)NCc4ccccc4C)nn3c2NC(C)(C)C)cc1. The van der Waals surface area contributed by atoms with Crippen molar-refractivity contribution >= 4 is 33.2 Å². The van der Waals surface area contributed by atoms with Gasteiger partial charge in [-0.2, -0.15) is 4.52 Å². The van der Waals surface area contributed by atoms with E-state index >= 15 is 0 Å². The second-order valence-electron chi connectivity index (χ2n) is 9.55. The molecule has 0 bridgehead atoms. The van der Waals surface area contributed by atoms with Crippen molar-refractivity contribution in [3.8, 4) is 17.0 Å². The molecule has 0 radical (unpaired) electrons. The number of amides is 1. The second-order valence-corrected chi connectivity index (χ2v) is 10.5. The quantitative estimate of drug-likeness (QED) is 0.370. The predicted molar refractivity (Wildman–Crippen MR) is 143 cm³/mol. The molecule has 2 N–H and O–H groups in total. The minimum absolute atomic E-state index is 0.0597. The van der Waals surface area contributed by atoms with Crippen LogP contribution in [0, 0.1) is 6.92 Å². The Morgan fingerprint density at radius 3 is 2.51 bits per heavy atom. The molecular formula is C26H32N6O2S. The summed E-state index contributed by atoms with van der Waals surface area (Å²) in [5.41, 5.74) is 3.88. The van der Waals surface area contributed by atoms with E-state index in [-0.39, 0.29) is 18.0 Å². The fourth-order valence-corrected chi connectivity index (χ4v) is 4.51. The van der Waals surface area contributed by atoms with Crippen LogP contribution in [0.2, 0.25) is 0 Å². The van der Waals surface area contributed by atoms with Crippen LogP contribution >= 0.6 is 11.3 Å². The molecule has 0 saturated heterocycles. The van der Waals surface area contributed by atoms with E-state index in [9.17, 15) is 4.79 Å². The highest BCUT2D eigenvalue weighted by atomic mass is 32.1. The molecular weight excluding hydrogens is 460 g/mol. The largest absolute Gasteiger partial charge is 0.497 e. The van der Waals surface area contributed by atoms with Gasteiger partial charge < -0.3 is 20.3 Å². The average Bonchev–Trinajstić information content (AvgIpc) is 3.37. The Labute approximate surface area is 209 Å². The lowest BCUT2D eigenvalue weighted by Gasteiger charge is -2.22. The highest BCUT2D eigenvalue weighted by molar-refractivity contribution is 7.20. The fraction of sp³-hybridized carbons (Fsp3) is 0.346. The van der Waals surface area contributed by atoms with E-state index in [1.807, 2.05) is 71.9 Å². The first-order valence-corrected chi connectivity index (χ1v) is 12.3. The van der Waals surface area contributed by atoms with Crippen LogP contribution in [0.3, 0.4) is 0 Å². The number of aromatic nitrogens is 3. The van der Waals surface area contributed by atoms with Crippen LogP contribution in [-0.2, 0) is 11.3 Å². The number of nitrogens with one attached hydrogen (secondary N) is 2. The number of nitrogens with zero attached hydrogens (tertiary/aromatic N) is 4. The third kappa shape index (κ3) is 5.74. The number of hydrogen-bond acceptors (Lipinski definition) is 7. The van der Waals surface area contributed by atoms with Crippen LogP contribution in [0.15, 0.2) is 48.5 Å². The van der Waals surface area contributed by atoms with E-state index in [4.69, 9.17) is 14.8 Å². The molecule has 9 heteroatoms. The number of fused-ring (bicyclic) bond motifs is 1. The van der Waals surface area contributed by atoms with Gasteiger partial charge in [0.2, 0.25) is 16.0 Å². The molecule has 184 valence electrons. The minimum Gasteiger partial charge on any atom is -0.497 e. The molecule has 0 aliphatic rings. The summed E-state index contributed by atoms with van der Waals surface area (Å²) < 4.78 is 7.12. The first-order valence-electron chi connectivity index (χ1n) is 11.5. The number of methoxy groups -OCH3 is 1. The van der Waals surface area contributed by atoms with Crippen LogP contribution in [0.5, 0.6) is 5.75 Å². The van der Waals surface area contributed by atoms with E-state index in [1.54, 1.807) is 7.11 Å². The molecule has 8 nitrogen and oxygen atoms in total. The lowest BCUT2D eigenvalue weighted by molar-refractivity contribution is -0.119. The molecule has 4 aromatic rings. The smallest absolute Gasteiger partial charge is 0.239 e. The summed E-state index contributed by atoms with van der Waals surface area (Å²) >= 11 is 1.45. The fourth-order valence-electron chi connectivity index (χ4n) is 3.65. The molecule has 2 aromatic heterocycles. The van der Waals surface area contributed by atoms with E-state index in [0.29, 0.717) is 6.54 Å². The Bertz CT molecular complexity index is 1320. The molecule has 0 unspecified atom stereocenters. The summed E-state index contributed by atoms with van der Waals surface area (Å²) in [4.78, 5) is 20.1. The third-order valence-corrected chi connectivity index (χ3v) is 6.52. The van der Waals surface area contributed by atoms with Gasteiger partial charge in [0, 0.05) is 24.7 Å². The van der Waals surface area contributed by atoms with Crippen molar-refractivity contribution in [2.45, 2.75) is 39.8 Å². The standard InChI is InChI=1S/C26H32N6O2S/c1-17-9-7-8-10-19(17)15-27-21(33)16-31(5)25-30-32-23(29-26(2,3)4)22(28-24(32)35-25)18-11-13-20(34-6)14-12-18/h7-14,29H,15-16H2,1-6H3,(H,27,33). The van der Waals surface area contributed by atoms with Gasteiger partial charge in [-0.1, -0.05) is 35.6 Å². The van der Waals surface area contributed by atoms with Gasteiger partial charge in [0.15, 0.2) is 5.82 Å². The van der Waals surface area contributed by atoms with Crippen LogP contribution in [0.25, 0.3) is 16.2 Å². The molecule has 0 aliphatic carbocycles. The number of aryl methyl sites for hydroxylation is 1. The van der Waals surface area contributed by atoms with E-state index < -0.39 is 0 Å². The highest BCUT2D eigenvalue weighted by Crippen LogP contribution is 2.35. The number of imidazole rings is 1. The molecule has 35 heavy (non-hydrogen) atoms. The zero-order valence-corrected chi connectivity index (χ0v) is 21.9. The van der Waals surface area contributed by atoms with Gasteiger partial charge in [-0.15, -0.1) is 5.10 Å². The number of ether oxygens (including phenoxy) is 1. The first-order chi connectivity index (χ1) is 16.6. The Morgan fingerprint density at radius 1 is 1.14 bits per heavy atom. The maximum absolute atomic E-state index is 12.6. The third-order valence-electron chi connectivity index (χ3n) is 5.49. The summed E-state index contributed by atoms with van der Waals surface area (Å²) in [6.07, 6.45) is 0. The van der Waals surface area contributed by atoms with Crippen molar-refractivity contribution < 1.29 is 9.53 Å². The Morgan fingerprint density at radius 2 is 1.86 bits per heavy atom. The van der Waals surface area contributed by atoms with Gasteiger partial charge in [-0.25, -0.2) is 4.98 Å². The number of hydrogen-bond donors (Lipinski definition) is 2. The molecule has 2 aromatic carbocycles. The van der Waals surface area contributed by atoms with Gasteiger partial charge >= 0.3 is 0 Å². The van der Waals surface area contributed by atoms with Gasteiger partial charge in [0.05, 0.1) is 13.7 Å². The monoisotopic (exact) mass is 492 g/mol. The summed E-state index contributed by atoms with van der Waals surface area (Å²) in [6.45, 7) is 9.05. The molecule has 2 heterocycles. The maximum atomic E-state index is 12.6. The molecule has 0 spiro atoms. The van der Waals surface area contributed by atoms with Crippen molar-refractivity contribution in [2.75, 3.05) is 30.9 Å². The molecule has 0 fully saturated rings. The first kappa shape index (κ1) is 24.5. The van der Waals surface area contributed by atoms with Gasteiger partial charge in [-0.3, -0.25) is 4.79 Å². The van der Waals surface area contributed by atoms with E-state index in [0.717, 1.165) is 44.0 Å². The summed E-state index contributed by atoms with van der Waals surface area (Å²) in [7, 11) is 3.52. The molecule has 4 rings (SSSR count). The molecule has 0 saturated carbocycles. The van der Waals surface area contributed by atoms with E-state index in [1.165, 1.54) is 11.3 Å². The zero-order chi connectivity index (χ0) is 25.2. The molecule has 0 atom stereocenters. The van der Waals surface area contributed by atoms with Gasteiger partial charge in [0.25, 0.3) is 0 Å². The Kier molecular flexibility index (Phi) is 6.98. The maximum Gasteiger partial charge on any atom is 0.239 e. The van der Waals surface area contributed by atoms with Crippen molar-refractivity contribution in [3.63, 3.8) is 0 Å². The number of carbonyl (C=O) groups excluding carboxylic acids is 1. The number of benzene rings is 2. The average molecular weight is 493 g/mol. The topological polar surface area (TPSA) is 83.8 Å². The summed E-state index contributed by atoms with van der Waals surface area (Å²) in [5.74, 6) is 1.55. The lowest BCUT2D eigenvalue weighted by Crippen LogP contribution is -2.35. The van der Waals surface area contributed by atoms with Crippen molar-refractivity contribution in [2.24, 2.45) is 0 Å². The van der Waals surface area contributed by atoms with E-state index in [2.05, 4.69) is 31.4 Å². The lowest BCUT2D eigenvalue weighted by atomic mass is 10.1. The molecule has 1 amide bonds. The summed E-state index contributed by atoms with van der Waals surface area (Å²) in [5, 5.41) is 12.1. The Balaban J connectivity index is 1.55. The second kappa shape index (κ2) is 9.95. The van der Waals surface area contributed by atoms with Crippen molar-refractivity contribution in [3.05, 3.63) is 59.7 Å². The minimum atomic E-state index is -0.192. The van der Waals surface area contributed by atoms with Gasteiger partial charge in [0.1, 0.15) is 11.4 Å². The predicted octanol–water partition coefficient (Wildman–Crippen LogP) is 4.74. The van der Waals surface area contributed by atoms with Crippen LogP contribution < -0.4 is 20.3 Å². The highest BCUT2D eigenvalue weighted by Gasteiger charge is 2.23. The normalized spacial score (nSPS) is 11.5. The van der Waals surface area contributed by atoms with Gasteiger partial charge in [-0.05, 0) is 63.1 Å². The number of likely N-dealkylation sites (N-methyl/N-ethyl adjacent to an activating group) is 1. The van der Waals surface area contributed by atoms with Crippen molar-refractivity contribution in [1.29, 1.82) is 0 Å². The van der Waals surface area contributed by atoms with Crippen LogP contribution in [0.1, 0.15) is 31.9 Å². The number of carbonyl (C=O) groups is 1. The van der Waals surface area contributed by atoms with Crippen LogP contribution in [0.4, 0.5) is 10.9 Å². The number of anilines is 2. The van der Waals surface area contributed by atoms with Crippen LogP contribution in [-0.4, -0.2) is 46.7 Å².